The molecule has 1 rings (SSSR count). The van der Waals surface area contributed by atoms with E-state index < -0.39 is 18.3 Å². The second kappa shape index (κ2) is 31.9. The quantitative estimate of drug-likeness (QED) is 0.0342. The lowest BCUT2D eigenvalue weighted by Gasteiger charge is -2.18. The van der Waals surface area contributed by atoms with Crippen molar-refractivity contribution in [1.29, 1.82) is 0 Å². The minimum atomic E-state index is -1.03. The molecule has 0 bridgehead atoms. The van der Waals surface area contributed by atoms with Crippen LogP contribution in [0.25, 0.3) is 0 Å². The molecule has 0 saturated heterocycles. The van der Waals surface area contributed by atoms with E-state index in [-0.39, 0.29) is 55.6 Å². The fourth-order valence-electron chi connectivity index (χ4n) is 6.92. The van der Waals surface area contributed by atoms with Gasteiger partial charge in [-0.2, -0.15) is 0 Å². The minimum absolute atomic E-state index is 0.0839. The Kier molecular flexibility index (Phi) is 29.5. The van der Waals surface area contributed by atoms with Gasteiger partial charge in [-0.25, -0.2) is 0 Å². The van der Waals surface area contributed by atoms with Crippen molar-refractivity contribution in [2.75, 3.05) is 13.2 Å². The molecular weight excluding hydrogens is 632 g/mol. The first-order chi connectivity index (χ1) is 24.3. The first kappa shape index (κ1) is 46.3. The number of carbonyl (C=O) groups is 3. The van der Waals surface area contributed by atoms with Gasteiger partial charge in [-0.05, 0) is 25.7 Å². The van der Waals surface area contributed by atoms with E-state index in [1.54, 1.807) is 6.08 Å². The lowest BCUT2D eigenvalue weighted by atomic mass is 9.88. The number of aliphatic hydroxyl groups excluding tert-OH is 3. The van der Waals surface area contributed by atoms with Crippen LogP contribution in [-0.4, -0.2) is 64.6 Å². The van der Waals surface area contributed by atoms with Gasteiger partial charge in [0.1, 0.15) is 25.1 Å². The summed E-state index contributed by atoms with van der Waals surface area (Å²) in [6, 6.07) is 0. The molecule has 0 unspecified atom stereocenters. The maximum atomic E-state index is 12.5. The fourth-order valence-corrected chi connectivity index (χ4v) is 6.92. The number of esters is 2. The number of aliphatic hydroxyl groups is 3. The van der Waals surface area contributed by atoms with Crippen LogP contribution in [-0.2, 0) is 23.9 Å². The Morgan fingerprint density at radius 2 is 1.08 bits per heavy atom. The van der Waals surface area contributed by atoms with E-state index in [2.05, 4.69) is 13.8 Å². The summed E-state index contributed by atoms with van der Waals surface area (Å²) < 4.78 is 10.3. The fraction of sp³-hybridized carbons (Fsp3) is 0.881. The lowest BCUT2D eigenvalue weighted by molar-refractivity contribution is -0.152. The molecule has 0 spiro atoms. The highest BCUT2D eigenvalue weighted by molar-refractivity contribution is 5.84. The van der Waals surface area contributed by atoms with Crippen LogP contribution in [0.3, 0.4) is 0 Å². The van der Waals surface area contributed by atoms with E-state index in [9.17, 15) is 29.7 Å². The number of ether oxygens (including phenoxy) is 2. The highest BCUT2D eigenvalue weighted by Gasteiger charge is 2.39. The number of Topliss-reactive ketones (excluding diaryl/α,β-unsaturated/α-hetero) is 1. The first-order valence-electron chi connectivity index (χ1n) is 20.8. The largest absolute Gasteiger partial charge is 0.463 e. The molecular formula is C42H76O8. The summed E-state index contributed by atoms with van der Waals surface area (Å²) in [6.45, 7) is 4.02. The second-order valence-electron chi connectivity index (χ2n) is 14.9. The van der Waals surface area contributed by atoms with Crippen LogP contribution < -0.4 is 0 Å². The van der Waals surface area contributed by atoms with Crippen LogP contribution in [0.4, 0.5) is 0 Å². The van der Waals surface area contributed by atoms with E-state index in [0.717, 1.165) is 57.8 Å². The molecule has 3 N–H and O–H groups in total. The smallest absolute Gasteiger partial charge is 0.305 e. The average molecular weight is 709 g/mol. The van der Waals surface area contributed by atoms with E-state index in [1.165, 1.54) is 83.5 Å². The SMILES string of the molecule is CCCCCCCCCCCCCCCCCCC(=O)OC[C@H](O)COC(=O)CCCCCC[C@H]1C(=O)C[C@@H](O)[C@@H]1/C=C/[C@@H](O)CCCCC. The van der Waals surface area contributed by atoms with Gasteiger partial charge in [-0.3, -0.25) is 14.4 Å². The molecule has 0 aromatic carbocycles. The Balaban J connectivity index is 1.98. The Bertz CT molecular complexity index is 874. The number of carbonyl (C=O) groups excluding carboxylic acids is 3. The van der Waals surface area contributed by atoms with Crippen LogP contribution in [0.2, 0.25) is 0 Å². The van der Waals surface area contributed by atoms with Gasteiger partial charge in [0.25, 0.3) is 0 Å². The Morgan fingerprint density at radius 1 is 0.660 bits per heavy atom. The normalized spacial score (nSPS) is 18.9. The van der Waals surface area contributed by atoms with Crippen molar-refractivity contribution in [3.63, 3.8) is 0 Å². The molecule has 0 aromatic rings. The average Bonchev–Trinajstić information content (AvgIpc) is 3.37. The standard InChI is InChI=1S/C42H76O8/c1-3-5-7-8-9-10-11-12-13-14-15-16-17-18-19-24-28-41(47)49-33-36(44)34-50-42(48)29-25-21-20-23-27-37-38(40(46)32-39(37)45)31-30-35(43)26-22-6-4-2/h30-31,35-38,40,43-44,46H,3-29,32-34H2,1-2H3/b31-30+/t35-,36-,37+,38+,40+/m0/s1. The molecule has 0 radical (unpaired) electrons. The minimum Gasteiger partial charge on any atom is -0.463 e. The molecule has 292 valence electrons. The molecule has 8 nitrogen and oxygen atoms in total. The molecule has 0 amide bonds. The van der Waals surface area contributed by atoms with Crippen LogP contribution in [0.1, 0.15) is 194 Å². The molecule has 1 saturated carbocycles. The summed E-state index contributed by atoms with van der Waals surface area (Å²) in [5, 5.41) is 30.6. The van der Waals surface area contributed by atoms with Gasteiger partial charge in [0.15, 0.2) is 0 Å². The van der Waals surface area contributed by atoms with Crippen molar-refractivity contribution in [3.05, 3.63) is 12.2 Å². The molecule has 0 aromatic heterocycles. The van der Waals surface area contributed by atoms with Crippen LogP contribution in [0.15, 0.2) is 12.2 Å². The van der Waals surface area contributed by atoms with Crippen molar-refractivity contribution in [1.82, 2.24) is 0 Å². The molecule has 0 aliphatic heterocycles. The zero-order chi connectivity index (χ0) is 36.7. The summed E-state index contributed by atoms with van der Waals surface area (Å²) in [5.74, 6) is -1.10. The third-order valence-electron chi connectivity index (χ3n) is 10.1. The highest BCUT2D eigenvalue weighted by atomic mass is 16.6. The van der Waals surface area contributed by atoms with Crippen LogP contribution >= 0.6 is 0 Å². The van der Waals surface area contributed by atoms with Gasteiger partial charge in [-0.15, -0.1) is 0 Å². The van der Waals surface area contributed by atoms with Gasteiger partial charge in [0.2, 0.25) is 0 Å². The van der Waals surface area contributed by atoms with Crippen molar-refractivity contribution in [3.8, 4) is 0 Å². The predicted molar refractivity (Wildman–Crippen MR) is 202 cm³/mol. The van der Waals surface area contributed by atoms with Gasteiger partial charge in [-0.1, -0.05) is 161 Å². The van der Waals surface area contributed by atoms with Crippen LogP contribution in [0, 0.1) is 11.8 Å². The zero-order valence-electron chi connectivity index (χ0n) is 32.1. The van der Waals surface area contributed by atoms with Crippen molar-refractivity contribution >= 4 is 17.7 Å². The highest BCUT2D eigenvalue weighted by Crippen LogP contribution is 2.34. The third-order valence-corrected chi connectivity index (χ3v) is 10.1. The van der Waals surface area contributed by atoms with Gasteiger partial charge in [0, 0.05) is 31.1 Å². The molecule has 5 atom stereocenters. The molecule has 0 heterocycles. The number of ketones is 1. The van der Waals surface area contributed by atoms with Gasteiger partial charge < -0.3 is 24.8 Å². The summed E-state index contributed by atoms with van der Waals surface area (Å²) >= 11 is 0. The Labute approximate surface area is 305 Å². The van der Waals surface area contributed by atoms with E-state index in [0.29, 0.717) is 25.7 Å². The monoisotopic (exact) mass is 709 g/mol. The summed E-state index contributed by atoms with van der Waals surface area (Å²) in [7, 11) is 0. The number of unbranched alkanes of at least 4 members (excludes halogenated alkanes) is 20. The lowest BCUT2D eigenvalue weighted by Crippen LogP contribution is -2.25. The summed E-state index contributed by atoms with van der Waals surface area (Å²) in [4.78, 5) is 36.6. The Hall–Kier alpha value is -1.77. The first-order valence-corrected chi connectivity index (χ1v) is 20.8. The number of hydrogen-bond acceptors (Lipinski definition) is 8. The summed E-state index contributed by atoms with van der Waals surface area (Å²) in [6.07, 6.45) is 30.2. The maximum absolute atomic E-state index is 12.5. The maximum Gasteiger partial charge on any atom is 0.305 e. The van der Waals surface area contributed by atoms with E-state index in [4.69, 9.17) is 9.47 Å². The molecule has 1 aliphatic carbocycles. The predicted octanol–water partition coefficient (Wildman–Crippen LogP) is 9.49. The van der Waals surface area contributed by atoms with Crippen molar-refractivity contribution in [2.45, 2.75) is 212 Å². The molecule has 1 aliphatic rings. The van der Waals surface area contributed by atoms with E-state index >= 15 is 0 Å². The summed E-state index contributed by atoms with van der Waals surface area (Å²) in [5.41, 5.74) is 0. The van der Waals surface area contributed by atoms with E-state index in [1.807, 2.05) is 6.08 Å². The van der Waals surface area contributed by atoms with Crippen LogP contribution in [0.5, 0.6) is 0 Å². The number of hydrogen-bond donors (Lipinski definition) is 3. The van der Waals surface area contributed by atoms with Gasteiger partial charge in [0.05, 0.1) is 12.2 Å². The topological polar surface area (TPSA) is 130 Å². The second-order valence-corrected chi connectivity index (χ2v) is 14.9. The molecule has 8 heteroatoms. The third kappa shape index (κ3) is 25.2. The molecule has 50 heavy (non-hydrogen) atoms. The number of rotatable bonds is 34. The van der Waals surface area contributed by atoms with Crippen molar-refractivity contribution in [2.24, 2.45) is 11.8 Å². The zero-order valence-corrected chi connectivity index (χ0v) is 32.1. The Morgan fingerprint density at radius 3 is 1.56 bits per heavy atom. The molecule has 1 fully saturated rings. The van der Waals surface area contributed by atoms with Crippen molar-refractivity contribution < 1.29 is 39.2 Å². The van der Waals surface area contributed by atoms with Gasteiger partial charge >= 0.3 is 11.9 Å².